The molecule has 0 saturated carbocycles. The molecule has 10 nitrogen and oxygen atoms in total. The molecular weight excluding hydrogens is 574 g/mol. The number of likely N-dealkylation sites (tertiary alicyclic amines) is 1. The van der Waals surface area contributed by atoms with E-state index in [-0.39, 0.29) is 19.0 Å². The van der Waals surface area contributed by atoms with Gasteiger partial charge in [-0.3, -0.25) is 9.97 Å². The van der Waals surface area contributed by atoms with Gasteiger partial charge in [-0.15, -0.1) is 0 Å². The van der Waals surface area contributed by atoms with Gasteiger partial charge in [0.1, 0.15) is 11.5 Å². The zero-order valence-electron chi connectivity index (χ0n) is 25.4. The highest BCUT2D eigenvalue weighted by atomic mass is 16.5. The van der Waals surface area contributed by atoms with Crippen LogP contribution in [0, 0.1) is 0 Å². The second kappa shape index (κ2) is 16.5. The SMILES string of the molecule is COc1ccccc1COCCCOc1ccc([C@H]2[C@@H](OCc3ccncc3)CN(C(=O)O)C[C@H]2OCc2ccncc2)cc1. The number of carboxylic acid groups (broad SMARTS) is 1. The number of amides is 1. The van der Waals surface area contributed by atoms with Crippen LogP contribution in [0.5, 0.6) is 11.5 Å². The number of rotatable bonds is 15. The molecule has 1 N–H and O–H groups in total. The fraction of sp³-hybridized carbons (Fsp3) is 0.343. The summed E-state index contributed by atoms with van der Waals surface area (Å²) in [4.78, 5) is 21.6. The number of benzene rings is 2. The van der Waals surface area contributed by atoms with Crippen LogP contribution in [-0.4, -0.2) is 71.7 Å². The molecule has 0 unspecified atom stereocenters. The van der Waals surface area contributed by atoms with Crippen molar-refractivity contribution in [2.24, 2.45) is 0 Å². The van der Waals surface area contributed by atoms with E-state index < -0.39 is 18.3 Å². The van der Waals surface area contributed by atoms with Crippen LogP contribution in [0.15, 0.2) is 97.6 Å². The van der Waals surface area contributed by atoms with Crippen LogP contribution in [-0.2, 0) is 34.0 Å². The van der Waals surface area contributed by atoms with Crippen molar-refractivity contribution in [3.8, 4) is 11.5 Å². The lowest BCUT2D eigenvalue weighted by Crippen LogP contribution is -2.54. The first-order chi connectivity index (χ1) is 22.1. The smallest absolute Gasteiger partial charge is 0.407 e. The van der Waals surface area contributed by atoms with Gasteiger partial charge in [0.05, 0.1) is 65.4 Å². The minimum Gasteiger partial charge on any atom is -0.496 e. The molecule has 45 heavy (non-hydrogen) atoms. The van der Waals surface area contributed by atoms with Crippen LogP contribution in [0.1, 0.15) is 34.6 Å². The second-order valence-electron chi connectivity index (χ2n) is 10.8. The molecule has 0 bridgehead atoms. The van der Waals surface area contributed by atoms with Crippen molar-refractivity contribution in [2.45, 2.75) is 44.4 Å². The topological polar surface area (TPSA) is 112 Å². The Balaban J connectivity index is 1.23. The van der Waals surface area contributed by atoms with E-state index in [4.69, 9.17) is 23.7 Å². The Morgan fingerprint density at radius 3 is 1.98 bits per heavy atom. The molecule has 10 heteroatoms. The molecule has 3 atom stereocenters. The highest BCUT2D eigenvalue weighted by Crippen LogP contribution is 2.35. The summed E-state index contributed by atoms with van der Waals surface area (Å²) < 4.78 is 30.0. The van der Waals surface area contributed by atoms with Gasteiger partial charge in [0, 0.05) is 42.7 Å². The summed E-state index contributed by atoms with van der Waals surface area (Å²) in [5.41, 5.74) is 3.92. The minimum atomic E-state index is -1.00. The highest BCUT2D eigenvalue weighted by molar-refractivity contribution is 5.65. The first kappa shape index (κ1) is 31.9. The number of para-hydroxylation sites is 1. The summed E-state index contributed by atoms with van der Waals surface area (Å²) >= 11 is 0. The van der Waals surface area contributed by atoms with Crippen LogP contribution in [0.25, 0.3) is 0 Å². The van der Waals surface area contributed by atoms with E-state index in [0.717, 1.165) is 40.2 Å². The van der Waals surface area contributed by atoms with Crippen LogP contribution in [0.4, 0.5) is 4.79 Å². The monoisotopic (exact) mass is 613 g/mol. The zero-order chi connectivity index (χ0) is 31.3. The average molecular weight is 614 g/mol. The van der Waals surface area contributed by atoms with Crippen LogP contribution >= 0.6 is 0 Å². The molecule has 1 aliphatic rings. The lowest BCUT2D eigenvalue weighted by atomic mass is 9.84. The number of ether oxygens (including phenoxy) is 5. The number of methoxy groups -OCH3 is 1. The summed E-state index contributed by atoms with van der Waals surface area (Å²) in [6.07, 6.45) is 5.73. The summed E-state index contributed by atoms with van der Waals surface area (Å²) in [5, 5.41) is 9.92. The average Bonchev–Trinajstić information content (AvgIpc) is 3.09. The molecule has 0 spiro atoms. The third kappa shape index (κ3) is 9.24. The van der Waals surface area contributed by atoms with Gasteiger partial charge < -0.3 is 33.7 Å². The highest BCUT2D eigenvalue weighted by Gasteiger charge is 2.41. The van der Waals surface area contributed by atoms with E-state index in [1.165, 1.54) is 4.90 Å². The number of piperidine rings is 1. The van der Waals surface area contributed by atoms with Gasteiger partial charge in [-0.25, -0.2) is 4.79 Å². The van der Waals surface area contributed by atoms with Crippen molar-refractivity contribution >= 4 is 6.09 Å². The Kier molecular flexibility index (Phi) is 11.7. The molecule has 5 rings (SSSR count). The maximum atomic E-state index is 12.1. The predicted molar refractivity (Wildman–Crippen MR) is 167 cm³/mol. The third-order valence-corrected chi connectivity index (χ3v) is 7.72. The van der Waals surface area contributed by atoms with Gasteiger partial charge in [0.2, 0.25) is 0 Å². The number of aromatic nitrogens is 2. The lowest BCUT2D eigenvalue weighted by Gasteiger charge is -2.42. The van der Waals surface area contributed by atoms with Crippen LogP contribution in [0.2, 0.25) is 0 Å². The van der Waals surface area contributed by atoms with Crippen molar-refractivity contribution in [1.29, 1.82) is 0 Å². The Morgan fingerprint density at radius 1 is 0.800 bits per heavy atom. The van der Waals surface area contributed by atoms with Gasteiger partial charge in [-0.05, 0) is 59.2 Å². The van der Waals surface area contributed by atoms with Crippen LogP contribution < -0.4 is 9.47 Å². The fourth-order valence-corrected chi connectivity index (χ4v) is 5.38. The number of nitrogens with zero attached hydrogens (tertiary/aromatic N) is 3. The van der Waals surface area contributed by atoms with Crippen molar-refractivity contribution in [1.82, 2.24) is 14.9 Å². The molecule has 0 radical (unpaired) electrons. The van der Waals surface area contributed by atoms with Gasteiger partial charge in [-0.1, -0.05) is 30.3 Å². The van der Waals surface area contributed by atoms with E-state index in [0.29, 0.717) is 33.0 Å². The van der Waals surface area contributed by atoms with E-state index in [1.807, 2.05) is 72.8 Å². The van der Waals surface area contributed by atoms with E-state index in [2.05, 4.69) is 9.97 Å². The van der Waals surface area contributed by atoms with Crippen molar-refractivity contribution in [2.75, 3.05) is 33.4 Å². The maximum absolute atomic E-state index is 12.1. The normalized spacial score (nSPS) is 18.0. The minimum absolute atomic E-state index is 0.207. The first-order valence-electron chi connectivity index (χ1n) is 15.0. The molecule has 1 aliphatic heterocycles. The quantitative estimate of drug-likeness (QED) is 0.168. The number of pyridine rings is 2. The Labute approximate surface area is 263 Å². The number of carbonyl (C=O) groups is 1. The lowest BCUT2D eigenvalue weighted by molar-refractivity contribution is -0.0937. The Bertz CT molecular complexity index is 1400. The Hall–Kier alpha value is -4.51. The molecule has 236 valence electrons. The van der Waals surface area contributed by atoms with E-state index in [1.54, 1.807) is 31.9 Å². The van der Waals surface area contributed by atoms with E-state index in [9.17, 15) is 9.90 Å². The van der Waals surface area contributed by atoms with Crippen molar-refractivity contribution in [3.05, 3.63) is 120 Å². The van der Waals surface area contributed by atoms with Gasteiger partial charge in [-0.2, -0.15) is 0 Å². The molecule has 1 saturated heterocycles. The molecule has 1 amide bonds. The molecule has 1 fully saturated rings. The summed E-state index contributed by atoms with van der Waals surface area (Å²) in [7, 11) is 1.66. The van der Waals surface area contributed by atoms with Crippen molar-refractivity contribution < 1.29 is 33.6 Å². The number of hydrogen-bond donors (Lipinski definition) is 1. The summed E-state index contributed by atoms with van der Waals surface area (Å²) in [6, 6.07) is 23.3. The third-order valence-electron chi connectivity index (χ3n) is 7.72. The van der Waals surface area contributed by atoms with Gasteiger partial charge >= 0.3 is 6.09 Å². The standard InChI is InChI=1S/C35H39N3O7/c1-41-31-6-3-2-5-29(31)25-42-19-4-20-43-30-9-7-28(8-10-30)34-32(44-23-26-11-15-36-16-12-26)21-38(35(39)40)22-33(34)45-24-27-13-17-37-18-14-27/h2-3,5-18,32-34H,4,19-25H2,1H3,(H,39,40)/t32-,33+,34-. The fourth-order valence-electron chi connectivity index (χ4n) is 5.38. The molecule has 4 aromatic rings. The summed E-state index contributed by atoms with van der Waals surface area (Å²) in [6.45, 7) is 2.67. The van der Waals surface area contributed by atoms with Crippen molar-refractivity contribution in [3.63, 3.8) is 0 Å². The molecule has 2 aromatic heterocycles. The molecule has 3 heterocycles. The predicted octanol–water partition coefficient (Wildman–Crippen LogP) is 5.72. The zero-order valence-corrected chi connectivity index (χ0v) is 25.4. The van der Waals surface area contributed by atoms with Crippen LogP contribution in [0.3, 0.4) is 0 Å². The number of hydrogen-bond acceptors (Lipinski definition) is 8. The Morgan fingerprint density at radius 2 is 1.40 bits per heavy atom. The van der Waals surface area contributed by atoms with E-state index >= 15 is 0 Å². The maximum Gasteiger partial charge on any atom is 0.407 e. The second-order valence-corrected chi connectivity index (χ2v) is 10.8. The summed E-state index contributed by atoms with van der Waals surface area (Å²) in [5.74, 6) is 1.36. The van der Waals surface area contributed by atoms with Gasteiger partial charge in [0.25, 0.3) is 0 Å². The van der Waals surface area contributed by atoms with Gasteiger partial charge in [0.15, 0.2) is 0 Å². The molecular formula is C35H39N3O7. The largest absolute Gasteiger partial charge is 0.496 e. The molecule has 2 aromatic carbocycles. The molecule has 0 aliphatic carbocycles. The first-order valence-corrected chi connectivity index (χ1v) is 15.0.